The number of nitrogens with one attached hydrogen (secondary N) is 2. The minimum Gasteiger partial charge on any atom is -0.386 e. The molecule has 1 aromatic rings. The molecule has 0 aromatic carbocycles. The molecule has 16 heavy (non-hydrogen) atoms. The van der Waals surface area contributed by atoms with Crippen molar-refractivity contribution in [2.45, 2.75) is 6.18 Å². The van der Waals surface area contributed by atoms with Crippen molar-refractivity contribution in [1.82, 2.24) is 10.3 Å². The molecule has 0 atom stereocenters. The molecule has 0 unspecified atom stereocenters. The van der Waals surface area contributed by atoms with Crippen LogP contribution >= 0.6 is 0 Å². The van der Waals surface area contributed by atoms with Gasteiger partial charge in [0.1, 0.15) is 6.54 Å². The predicted octanol–water partition coefficient (Wildman–Crippen LogP) is 1.42. The summed E-state index contributed by atoms with van der Waals surface area (Å²) in [6, 6.07) is 1.34. The van der Waals surface area contributed by atoms with Gasteiger partial charge in [-0.1, -0.05) is 0 Å². The van der Waals surface area contributed by atoms with Crippen LogP contribution in [0.5, 0.6) is 0 Å². The van der Waals surface area contributed by atoms with Crippen LogP contribution in [-0.2, 0) is 0 Å². The number of hydrogen-bond donors (Lipinski definition) is 2. The van der Waals surface area contributed by atoms with Crippen LogP contribution in [0.15, 0.2) is 18.5 Å². The molecule has 1 amide bonds. The lowest BCUT2D eigenvalue weighted by atomic mass is 10.2. The highest BCUT2D eigenvalue weighted by molar-refractivity contribution is 5.99. The summed E-state index contributed by atoms with van der Waals surface area (Å²) < 4.78 is 35.6. The molecular weight excluding hydrogens is 223 g/mol. The van der Waals surface area contributed by atoms with Crippen LogP contribution in [0.3, 0.4) is 0 Å². The predicted molar refractivity (Wildman–Crippen MR) is 52.2 cm³/mol. The maximum Gasteiger partial charge on any atom is 0.405 e. The van der Waals surface area contributed by atoms with Gasteiger partial charge >= 0.3 is 6.18 Å². The number of rotatable bonds is 3. The maximum absolute atomic E-state index is 11.9. The second-order valence-corrected chi connectivity index (χ2v) is 2.97. The first kappa shape index (κ1) is 12.3. The van der Waals surface area contributed by atoms with E-state index in [0.29, 0.717) is 5.69 Å². The summed E-state index contributed by atoms with van der Waals surface area (Å²) in [6.07, 6.45) is -1.71. The van der Waals surface area contributed by atoms with E-state index in [-0.39, 0.29) is 5.56 Å². The fourth-order valence-electron chi connectivity index (χ4n) is 1.07. The lowest BCUT2D eigenvalue weighted by molar-refractivity contribution is -0.123. The number of anilines is 1. The van der Waals surface area contributed by atoms with E-state index in [1.807, 2.05) is 0 Å². The molecule has 4 nitrogen and oxygen atoms in total. The number of halogens is 3. The summed E-state index contributed by atoms with van der Waals surface area (Å²) >= 11 is 0. The van der Waals surface area contributed by atoms with Crippen molar-refractivity contribution in [1.29, 1.82) is 0 Å². The Labute approximate surface area is 89.9 Å². The highest BCUT2D eigenvalue weighted by Gasteiger charge is 2.28. The molecule has 0 fully saturated rings. The van der Waals surface area contributed by atoms with Crippen LogP contribution in [0.2, 0.25) is 0 Å². The number of aromatic nitrogens is 1. The first-order valence-corrected chi connectivity index (χ1v) is 4.41. The molecule has 1 heterocycles. The van der Waals surface area contributed by atoms with Crippen molar-refractivity contribution < 1.29 is 18.0 Å². The normalized spacial score (nSPS) is 11.0. The minimum atomic E-state index is -4.41. The van der Waals surface area contributed by atoms with Crippen molar-refractivity contribution in [2.75, 3.05) is 18.9 Å². The summed E-state index contributed by atoms with van der Waals surface area (Å²) in [5.74, 6) is -0.788. The maximum atomic E-state index is 11.9. The van der Waals surface area contributed by atoms with Gasteiger partial charge in [-0.25, -0.2) is 0 Å². The van der Waals surface area contributed by atoms with Gasteiger partial charge in [-0.3, -0.25) is 9.78 Å². The van der Waals surface area contributed by atoms with Crippen molar-refractivity contribution in [3.8, 4) is 0 Å². The van der Waals surface area contributed by atoms with E-state index in [1.165, 1.54) is 18.5 Å². The highest BCUT2D eigenvalue weighted by atomic mass is 19.4. The topological polar surface area (TPSA) is 54.0 Å². The number of carbonyl (C=O) groups is 1. The molecule has 0 aliphatic rings. The zero-order chi connectivity index (χ0) is 12.2. The van der Waals surface area contributed by atoms with E-state index in [0.717, 1.165) is 0 Å². The summed E-state index contributed by atoms with van der Waals surface area (Å²) in [5, 5.41) is 4.45. The van der Waals surface area contributed by atoms with Crippen LogP contribution in [-0.4, -0.2) is 30.7 Å². The number of alkyl halides is 3. The molecule has 2 N–H and O–H groups in total. The summed E-state index contributed by atoms with van der Waals surface area (Å²) in [6.45, 7) is -1.35. The molecule has 1 aromatic heterocycles. The van der Waals surface area contributed by atoms with Gasteiger partial charge in [0.2, 0.25) is 0 Å². The van der Waals surface area contributed by atoms with Gasteiger partial charge in [0, 0.05) is 13.2 Å². The van der Waals surface area contributed by atoms with E-state index in [4.69, 9.17) is 0 Å². The zero-order valence-electron chi connectivity index (χ0n) is 8.43. The average molecular weight is 233 g/mol. The number of hydrogen-bond acceptors (Lipinski definition) is 3. The van der Waals surface area contributed by atoms with Gasteiger partial charge in [0.15, 0.2) is 0 Å². The summed E-state index contributed by atoms with van der Waals surface area (Å²) in [5.41, 5.74) is 0.504. The molecule has 88 valence electrons. The van der Waals surface area contributed by atoms with Crippen LogP contribution in [0.25, 0.3) is 0 Å². The third-order valence-electron chi connectivity index (χ3n) is 1.78. The summed E-state index contributed by atoms with van der Waals surface area (Å²) in [4.78, 5) is 15.1. The van der Waals surface area contributed by atoms with Gasteiger partial charge in [0.05, 0.1) is 17.4 Å². The molecule has 1 rings (SSSR count). The highest BCUT2D eigenvalue weighted by Crippen LogP contribution is 2.15. The number of amides is 1. The molecular formula is C9H10F3N3O. The van der Waals surface area contributed by atoms with Crippen LogP contribution in [0, 0.1) is 0 Å². The van der Waals surface area contributed by atoms with E-state index in [9.17, 15) is 18.0 Å². The van der Waals surface area contributed by atoms with E-state index in [1.54, 1.807) is 12.4 Å². The van der Waals surface area contributed by atoms with Crippen molar-refractivity contribution >= 4 is 11.6 Å². The molecule has 0 aliphatic heterocycles. The standard InChI is InChI=1S/C9H10F3N3O/c1-13-7-4-14-3-2-6(7)8(16)15-5-9(10,11)12/h2-4,13H,5H2,1H3,(H,15,16). The smallest absolute Gasteiger partial charge is 0.386 e. The van der Waals surface area contributed by atoms with E-state index < -0.39 is 18.6 Å². The number of pyridine rings is 1. The second-order valence-electron chi connectivity index (χ2n) is 2.97. The molecule has 0 spiro atoms. The first-order chi connectivity index (χ1) is 7.44. The van der Waals surface area contributed by atoms with Crippen LogP contribution in [0.4, 0.5) is 18.9 Å². The van der Waals surface area contributed by atoms with Crippen molar-refractivity contribution in [2.24, 2.45) is 0 Å². The molecule has 0 aliphatic carbocycles. The van der Waals surface area contributed by atoms with Gasteiger partial charge in [-0.15, -0.1) is 0 Å². The van der Waals surface area contributed by atoms with Gasteiger partial charge in [-0.05, 0) is 6.07 Å². The Kier molecular flexibility index (Phi) is 3.70. The molecule has 0 saturated carbocycles. The van der Waals surface area contributed by atoms with E-state index in [2.05, 4.69) is 10.3 Å². The van der Waals surface area contributed by atoms with Crippen molar-refractivity contribution in [3.63, 3.8) is 0 Å². The Morgan fingerprint density at radius 3 is 2.75 bits per heavy atom. The lowest BCUT2D eigenvalue weighted by Crippen LogP contribution is -2.34. The third-order valence-corrected chi connectivity index (χ3v) is 1.78. The largest absolute Gasteiger partial charge is 0.405 e. The molecule has 0 bridgehead atoms. The zero-order valence-corrected chi connectivity index (χ0v) is 8.43. The van der Waals surface area contributed by atoms with Crippen LogP contribution < -0.4 is 10.6 Å². The monoisotopic (exact) mass is 233 g/mol. The first-order valence-electron chi connectivity index (χ1n) is 4.41. The average Bonchev–Trinajstić information content (AvgIpc) is 2.25. The summed E-state index contributed by atoms with van der Waals surface area (Å²) in [7, 11) is 1.55. The van der Waals surface area contributed by atoms with Gasteiger partial charge in [-0.2, -0.15) is 13.2 Å². The SMILES string of the molecule is CNc1cnccc1C(=O)NCC(F)(F)F. The Morgan fingerprint density at radius 1 is 1.50 bits per heavy atom. The third kappa shape index (κ3) is 3.41. The molecule has 0 radical (unpaired) electrons. The lowest BCUT2D eigenvalue weighted by Gasteiger charge is -2.10. The fourth-order valence-corrected chi connectivity index (χ4v) is 1.07. The Morgan fingerprint density at radius 2 is 2.19 bits per heavy atom. The molecule has 7 heteroatoms. The fraction of sp³-hybridized carbons (Fsp3) is 0.333. The van der Waals surface area contributed by atoms with Crippen molar-refractivity contribution in [3.05, 3.63) is 24.0 Å². The Hall–Kier alpha value is -1.79. The quantitative estimate of drug-likeness (QED) is 0.830. The Bertz CT molecular complexity index is 379. The van der Waals surface area contributed by atoms with Crippen LogP contribution in [0.1, 0.15) is 10.4 Å². The van der Waals surface area contributed by atoms with Gasteiger partial charge in [0.25, 0.3) is 5.91 Å². The molecule has 0 saturated heterocycles. The van der Waals surface area contributed by atoms with E-state index >= 15 is 0 Å². The minimum absolute atomic E-state index is 0.127. The van der Waals surface area contributed by atoms with Gasteiger partial charge < -0.3 is 10.6 Å². The number of nitrogens with zero attached hydrogens (tertiary/aromatic N) is 1. The Balaban J connectivity index is 2.73. The second kappa shape index (κ2) is 4.82. The number of carbonyl (C=O) groups excluding carboxylic acids is 1.